The average molecular weight is 553 g/mol. The highest BCUT2D eigenvalue weighted by atomic mass is 19.1. The summed E-state index contributed by atoms with van der Waals surface area (Å²) in [6, 6.07) is 7.69. The lowest BCUT2D eigenvalue weighted by atomic mass is 9.98. The summed E-state index contributed by atoms with van der Waals surface area (Å²) in [6.07, 6.45) is -6.13. The van der Waals surface area contributed by atoms with Gasteiger partial charge in [0.2, 0.25) is 12.2 Å². The van der Waals surface area contributed by atoms with Gasteiger partial charge in [-0.25, -0.2) is 9.18 Å². The van der Waals surface area contributed by atoms with E-state index < -0.39 is 42.9 Å². The molecule has 1 aromatic heterocycles. The fraction of sp³-hybridized carbons (Fsp3) is 0.630. The highest BCUT2D eigenvalue weighted by Gasteiger charge is 2.46. The first-order valence-electron chi connectivity index (χ1n) is 13.2. The maximum atomic E-state index is 14.1. The van der Waals surface area contributed by atoms with Gasteiger partial charge in [0.05, 0.1) is 18.8 Å². The number of ether oxygens (including phenoxy) is 2. The van der Waals surface area contributed by atoms with E-state index in [4.69, 9.17) is 9.47 Å². The number of hydrogen-bond donors (Lipinski definition) is 7. The normalized spacial score (nSPS) is 23.6. The lowest BCUT2D eigenvalue weighted by Gasteiger charge is -2.38. The van der Waals surface area contributed by atoms with Crippen molar-refractivity contribution in [2.75, 3.05) is 19.8 Å². The minimum Gasteiger partial charge on any atom is -0.443 e. The van der Waals surface area contributed by atoms with Crippen LogP contribution in [0.15, 0.2) is 24.3 Å². The van der Waals surface area contributed by atoms with Gasteiger partial charge >= 0.3 is 6.03 Å². The topological polar surface area (TPSA) is 169 Å². The number of benzene rings is 1. The van der Waals surface area contributed by atoms with Crippen molar-refractivity contribution in [1.29, 1.82) is 0 Å². The number of rotatable bonds is 12. The molecule has 5 atom stereocenters. The Morgan fingerprint density at radius 3 is 2.46 bits per heavy atom. The second-order valence-electron chi connectivity index (χ2n) is 10.9. The Morgan fingerprint density at radius 2 is 1.85 bits per heavy atom. The molecule has 1 aliphatic heterocycles. The predicted octanol–water partition coefficient (Wildman–Crippen LogP) is 1.28. The van der Waals surface area contributed by atoms with Gasteiger partial charge in [-0.05, 0) is 43.7 Å². The van der Waals surface area contributed by atoms with Crippen LogP contribution in [-0.4, -0.2) is 92.7 Å². The molecular weight excluding hydrogens is 511 g/mol. The van der Waals surface area contributed by atoms with Crippen LogP contribution in [0, 0.1) is 0 Å². The molecule has 0 bridgehead atoms. The van der Waals surface area contributed by atoms with Crippen LogP contribution in [0.2, 0.25) is 0 Å². The fourth-order valence-corrected chi connectivity index (χ4v) is 4.27. The number of H-pyrrole nitrogens is 1. The second kappa shape index (κ2) is 13.5. The monoisotopic (exact) mass is 552 g/mol. The van der Waals surface area contributed by atoms with Gasteiger partial charge in [-0.1, -0.05) is 38.1 Å². The third-order valence-electron chi connectivity index (χ3n) is 6.64. The number of aryl methyl sites for hydroxylation is 1. The molecule has 0 aliphatic carbocycles. The summed E-state index contributed by atoms with van der Waals surface area (Å²) in [4.78, 5) is 11.9. The van der Waals surface area contributed by atoms with Crippen molar-refractivity contribution in [2.45, 2.75) is 89.2 Å². The van der Waals surface area contributed by atoms with Gasteiger partial charge < -0.3 is 40.5 Å². The Kier molecular flexibility index (Phi) is 10.7. The van der Waals surface area contributed by atoms with Gasteiger partial charge in [-0.3, -0.25) is 5.10 Å². The quantitative estimate of drug-likeness (QED) is 0.193. The number of aromatic nitrogens is 2. The van der Waals surface area contributed by atoms with Gasteiger partial charge in [0.1, 0.15) is 18.3 Å². The molecule has 11 nitrogen and oxygen atoms in total. The summed E-state index contributed by atoms with van der Waals surface area (Å²) in [5.74, 6) is 0.252. The number of nitrogens with zero attached hydrogens (tertiary/aromatic N) is 1. The van der Waals surface area contributed by atoms with E-state index >= 15 is 0 Å². The molecule has 12 heteroatoms. The number of nitrogens with one attached hydrogen (secondary N) is 3. The van der Waals surface area contributed by atoms with Crippen LogP contribution in [-0.2, 0) is 17.6 Å². The Labute approximate surface area is 227 Å². The molecule has 1 aromatic carbocycles. The van der Waals surface area contributed by atoms with Gasteiger partial charge in [0, 0.05) is 24.2 Å². The van der Waals surface area contributed by atoms with E-state index in [1.165, 1.54) is 0 Å². The zero-order chi connectivity index (χ0) is 28.7. The Balaban J connectivity index is 1.61. The Morgan fingerprint density at radius 1 is 1.18 bits per heavy atom. The molecule has 1 aliphatic rings. The number of carbonyl (C=O) groups excluding carboxylic acids is 1. The van der Waals surface area contributed by atoms with Crippen LogP contribution in [0.5, 0.6) is 5.88 Å². The molecule has 2 aromatic rings. The molecule has 218 valence electrons. The largest absolute Gasteiger partial charge is 0.443 e. The number of carbonyl (C=O) groups is 1. The molecule has 39 heavy (non-hydrogen) atoms. The summed E-state index contributed by atoms with van der Waals surface area (Å²) in [6.45, 7) is 7.13. The summed E-state index contributed by atoms with van der Waals surface area (Å²) in [7, 11) is 0. The minimum atomic E-state index is -1.94. The van der Waals surface area contributed by atoms with Crippen LogP contribution < -0.4 is 15.4 Å². The zero-order valence-electron chi connectivity index (χ0n) is 22.9. The number of aromatic amines is 1. The van der Waals surface area contributed by atoms with E-state index in [2.05, 4.69) is 20.8 Å². The number of halogens is 1. The molecule has 2 heterocycles. The van der Waals surface area contributed by atoms with E-state index in [1.54, 1.807) is 13.8 Å². The molecule has 1 saturated heterocycles. The zero-order valence-corrected chi connectivity index (χ0v) is 22.9. The number of aliphatic hydroxyl groups is 4. The minimum absolute atomic E-state index is 0.0833. The van der Waals surface area contributed by atoms with Crippen molar-refractivity contribution in [3.05, 3.63) is 46.6 Å². The predicted molar refractivity (Wildman–Crippen MR) is 141 cm³/mol. The van der Waals surface area contributed by atoms with E-state index in [0.717, 1.165) is 35.2 Å². The summed E-state index contributed by atoms with van der Waals surface area (Å²) in [5.41, 5.74) is 2.98. The van der Waals surface area contributed by atoms with Crippen molar-refractivity contribution in [3.8, 4) is 5.88 Å². The molecule has 7 N–H and O–H groups in total. The fourth-order valence-electron chi connectivity index (χ4n) is 4.27. The highest BCUT2D eigenvalue weighted by Crippen LogP contribution is 2.31. The van der Waals surface area contributed by atoms with E-state index in [-0.39, 0.29) is 24.4 Å². The van der Waals surface area contributed by atoms with Gasteiger partial charge in [-0.15, -0.1) is 5.10 Å². The van der Waals surface area contributed by atoms with Crippen molar-refractivity contribution in [1.82, 2.24) is 20.8 Å². The second-order valence-corrected chi connectivity index (χ2v) is 10.9. The maximum Gasteiger partial charge on any atom is 0.315 e. The highest BCUT2D eigenvalue weighted by molar-refractivity contribution is 5.74. The van der Waals surface area contributed by atoms with E-state index in [9.17, 15) is 29.6 Å². The molecule has 3 rings (SSSR count). The molecule has 5 unspecified atom stereocenters. The molecule has 0 saturated carbocycles. The Hall–Kier alpha value is -2.77. The van der Waals surface area contributed by atoms with Crippen LogP contribution in [0.4, 0.5) is 9.18 Å². The van der Waals surface area contributed by atoms with E-state index in [0.29, 0.717) is 13.0 Å². The van der Waals surface area contributed by atoms with Crippen LogP contribution in [0.1, 0.15) is 62.4 Å². The molecule has 0 radical (unpaired) electrons. The number of hydrogen-bond acceptors (Lipinski definition) is 8. The molecular formula is C27H41FN4O7. The first-order chi connectivity index (χ1) is 18.5. The third-order valence-corrected chi connectivity index (χ3v) is 6.64. The maximum absolute atomic E-state index is 14.1. The number of alkyl halides is 1. The number of amides is 2. The van der Waals surface area contributed by atoms with Gasteiger partial charge in [0.15, 0.2) is 6.17 Å². The first-order valence-corrected chi connectivity index (χ1v) is 13.2. The number of aliphatic hydroxyl groups excluding tert-OH is 4. The summed E-state index contributed by atoms with van der Waals surface area (Å²) >= 11 is 0. The molecule has 1 fully saturated rings. The smallest absolute Gasteiger partial charge is 0.315 e. The molecule has 2 amide bonds. The standard InChI is InChI=1S/C27H41FN4O7/c1-15(2)21-18(24(32-31-21)39-25-23(36)22(35)20(28)19(13-33)38-25)12-17-9-7-16(8-10-17)6-5-11-29-26(37)30-27(3,4)14-34/h7-10,15,19-20,22-23,25,33-36H,5-6,11-14H2,1-4H3,(H,31,32)(H2,29,30,37). The van der Waals surface area contributed by atoms with Crippen molar-refractivity contribution >= 4 is 6.03 Å². The summed E-state index contributed by atoms with van der Waals surface area (Å²) < 4.78 is 25.3. The van der Waals surface area contributed by atoms with Crippen molar-refractivity contribution in [2.24, 2.45) is 0 Å². The third kappa shape index (κ3) is 8.12. The summed E-state index contributed by atoms with van der Waals surface area (Å²) in [5, 5.41) is 51.6. The lowest BCUT2D eigenvalue weighted by molar-refractivity contribution is -0.265. The average Bonchev–Trinajstić information content (AvgIpc) is 3.29. The van der Waals surface area contributed by atoms with Crippen LogP contribution in [0.25, 0.3) is 0 Å². The SMILES string of the molecule is CC(C)c1[nH]nc(OC2OC(CO)C(F)C(O)C2O)c1Cc1ccc(CCCNC(=O)NC(C)(C)CO)cc1. The van der Waals surface area contributed by atoms with Gasteiger partial charge in [0.25, 0.3) is 0 Å². The van der Waals surface area contributed by atoms with Crippen LogP contribution >= 0.6 is 0 Å². The van der Waals surface area contributed by atoms with E-state index in [1.807, 2.05) is 38.1 Å². The first kappa shape index (κ1) is 30.8. The Bertz CT molecular complexity index is 1060. The molecule has 0 spiro atoms. The van der Waals surface area contributed by atoms with Crippen molar-refractivity contribution in [3.63, 3.8) is 0 Å². The van der Waals surface area contributed by atoms with Crippen LogP contribution in [0.3, 0.4) is 0 Å². The van der Waals surface area contributed by atoms with Crippen molar-refractivity contribution < 1.29 is 39.1 Å². The lowest BCUT2D eigenvalue weighted by Crippen LogP contribution is -2.58. The van der Waals surface area contributed by atoms with Gasteiger partial charge in [-0.2, -0.15) is 0 Å². The number of urea groups is 1.